The van der Waals surface area contributed by atoms with Crippen LogP contribution in [0.3, 0.4) is 0 Å². The van der Waals surface area contributed by atoms with Gasteiger partial charge in [-0.3, -0.25) is 0 Å². The Morgan fingerprint density at radius 1 is 0.429 bits per heavy atom. The molecule has 0 aliphatic carbocycles. The standard InChI is InChI=1S/C40H27NO/c1-4-12-28(13-5-1)29-20-22-34(23-21-29)41(33-18-8-3-9-19-33)37-25-24-35(30-14-6-2-7-15-30)40-39(37)36-26-31-16-10-11-17-32(31)27-38(36)42-40/h1-27H. The van der Waals surface area contributed by atoms with Gasteiger partial charge in [-0.05, 0) is 76.0 Å². The van der Waals surface area contributed by atoms with Gasteiger partial charge >= 0.3 is 0 Å². The number of anilines is 3. The molecule has 0 aliphatic heterocycles. The van der Waals surface area contributed by atoms with Gasteiger partial charge in [-0.1, -0.05) is 115 Å². The van der Waals surface area contributed by atoms with E-state index in [1.165, 1.54) is 21.9 Å². The van der Waals surface area contributed by atoms with Crippen molar-refractivity contribution in [1.29, 1.82) is 0 Å². The van der Waals surface area contributed by atoms with Crippen molar-refractivity contribution in [3.05, 3.63) is 164 Å². The van der Waals surface area contributed by atoms with Crippen LogP contribution in [0.25, 0.3) is 55.0 Å². The van der Waals surface area contributed by atoms with Gasteiger partial charge < -0.3 is 9.32 Å². The first kappa shape index (κ1) is 24.2. The van der Waals surface area contributed by atoms with Gasteiger partial charge in [0.05, 0.1) is 11.1 Å². The van der Waals surface area contributed by atoms with Crippen LogP contribution in [-0.2, 0) is 0 Å². The average molecular weight is 538 g/mol. The minimum atomic E-state index is 0.890. The maximum Gasteiger partial charge on any atom is 0.145 e. The molecule has 2 nitrogen and oxygen atoms in total. The van der Waals surface area contributed by atoms with Crippen LogP contribution < -0.4 is 4.90 Å². The van der Waals surface area contributed by atoms with Gasteiger partial charge in [0.2, 0.25) is 0 Å². The van der Waals surface area contributed by atoms with Crippen molar-refractivity contribution in [1.82, 2.24) is 0 Å². The lowest BCUT2D eigenvalue weighted by Crippen LogP contribution is -2.10. The van der Waals surface area contributed by atoms with Crippen LogP contribution in [-0.4, -0.2) is 0 Å². The summed E-state index contributed by atoms with van der Waals surface area (Å²) in [5.74, 6) is 0. The van der Waals surface area contributed by atoms with Gasteiger partial charge in [-0.15, -0.1) is 0 Å². The smallest absolute Gasteiger partial charge is 0.145 e. The Labute approximate surface area is 244 Å². The maximum atomic E-state index is 6.76. The molecule has 0 bridgehead atoms. The molecule has 0 spiro atoms. The van der Waals surface area contributed by atoms with Gasteiger partial charge in [0.15, 0.2) is 0 Å². The second-order valence-corrected chi connectivity index (χ2v) is 10.6. The van der Waals surface area contributed by atoms with Crippen molar-refractivity contribution in [3.8, 4) is 22.3 Å². The van der Waals surface area contributed by atoms with Crippen molar-refractivity contribution >= 4 is 49.8 Å². The molecule has 0 unspecified atom stereocenters. The van der Waals surface area contributed by atoms with E-state index < -0.39 is 0 Å². The Hall–Kier alpha value is -5.60. The molecule has 8 rings (SSSR count). The molecule has 198 valence electrons. The molecule has 0 atom stereocenters. The molecule has 8 aromatic rings. The Morgan fingerprint density at radius 2 is 0.976 bits per heavy atom. The van der Waals surface area contributed by atoms with Gasteiger partial charge in [0, 0.05) is 22.3 Å². The van der Waals surface area contributed by atoms with Gasteiger partial charge in [-0.2, -0.15) is 0 Å². The van der Waals surface area contributed by atoms with Crippen molar-refractivity contribution < 1.29 is 4.42 Å². The third kappa shape index (κ3) is 4.13. The molecule has 1 heterocycles. The number of benzene rings is 7. The quantitative estimate of drug-likeness (QED) is 0.217. The van der Waals surface area contributed by atoms with E-state index in [2.05, 4.69) is 169 Å². The summed E-state index contributed by atoms with van der Waals surface area (Å²) in [5, 5.41) is 4.58. The lowest BCUT2D eigenvalue weighted by Gasteiger charge is -2.27. The van der Waals surface area contributed by atoms with Crippen LogP contribution in [0.2, 0.25) is 0 Å². The summed E-state index contributed by atoms with van der Waals surface area (Å²) in [7, 11) is 0. The first-order chi connectivity index (χ1) is 20.8. The lowest BCUT2D eigenvalue weighted by molar-refractivity contribution is 0.670. The molecule has 42 heavy (non-hydrogen) atoms. The Balaban J connectivity index is 1.41. The monoisotopic (exact) mass is 537 g/mol. The molecule has 0 saturated heterocycles. The zero-order chi connectivity index (χ0) is 27.9. The summed E-state index contributed by atoms with van der Waals surface area (Å²) in [6.07, 6.45) is 0. The van der Waals surface area contributed by atoms with E-state index in [0.717, 1.165) is 50.1 Å². The van der Waals surface area contributed by atoms with Crippen LogP contribution in [0.5, 0.6) is 0 Å². The van der Waals surface area contributed by atoms with E-state index in [4.69, 9.17) is 4.42 Å². The fourth-order valence-electron chi connectivity index (χ4n) is 6.02. The molecule has 0 fully saturated rings. The molecule has 2 heteroatoms. The average Bonchev–Trinajstić information content (AvgIpc) is 3.44. The molecule has 7 aromatic carbocycles. The third-order valence-corrected chi connectivity index (χ3v) is 8.04. The van der Waals surface area contributed by atoms with E-state index in [1.807, 2.05) is 0 Å². The van der Waals surface area contributed by atoms with Crippen LogP contribution in [0, 0.1) is 0 Å². The van der Waals surface area contributed by atoms with Gasteiger partial charge in [0.1, 0.15) is 11.2 Å². The van der Waals surface area contributed by atoms with E-state index >= 15 is 0 Å². The van der Waals surface area contributed by atoms with E-state index in [0.29, 0.717) is 0 Å². The second kappa shape index (κ2) is 10.1. The summed E-state index contributed by atoms with van der Waals surface area (Å²) in [6.45, 7) is 0. The number of nitrogens with zero attached hydrogens (tertiary/aromatic N) is 1. The normalized spacial score (nSPS) is 11.3. The Bertz CT molecular complexity index is 2160. The van der Waals surface area contributed by atoms with Gasteiger partial charge in [0.25, 0.3) is 0 Å². The molecule has 1 aromatic heterocycles. The van der Waals surface area contributed by atoms with E-state index in [-0.39, 0.29) is 0 Å². The highest BCUT2D eigenvalue weighted by molar-refractivity contribution is 6.19. The molecule has 0 N–H and O–H groups in total. The van der Waals surface area contributed by atoms with Crippen LogP contribution in [0.1, 0.15) is 0 Å². The number of para-hydroxylation sites is 1. The van der Waals surface area contributed by atoms with Crippen LogP contribution in [0.4, 0.5) is 17.1 Å². The van der Waals surface area contributed by atoms with Gasteiger partial charge in [-0.25, -0.2) is 0 Å². The molecular weight excluding hydrogens is 510 g/mol. The molecule has 0 radical (unpaired) electrons. The highest BCUT2D eigenvalue weighted by Gasteiger charge is 2.22. The number of rotatable bonds is 5. The number of hydrogen-bond donors (Lipinski definition) is 0. The fraction of sp³-hybridized carbons (Fsp3) is 0. The minimum Gasteiger partial charge on any atom is -0.455 e. The van der Waals surface area contributed by atoms with Crippen LogP contribution >= 0.6 is 0 Å². The number of fused-ring (bicyclic) bond motifs is 4. The third-order valence-electron chi connectivity index (χ3n) is 8.04. The predicted molar refractivity (Wildman–Crippen MR) is 177 cm³/mol. The maximum absolute atomic E-state index is 6.76. The largest absolute Gasteiger partial charge is 0.455 e. The van der Waals surface area contributed by atoms with Crippen molar-refractivity contribution in [2.45, 2.75) is 0 Å². The Kier molecular flexibility index (Phi) is 5.82. The SMILES string of the molecule is c1ccc(-c2ccc(N(c3ccccc3)c3ccc(-c4ccccc4)c4oc5cc6ccccc6cc5c34)cc2)cc1. The highest BCUT2D eigenvalue weighted by atomic mass is 16.3. The van der Waals surface area contributed by atoms with E-state index in [1.54, 1.807) is 0 Å². The van der Waals surface area contributed by atoms with Crippen molar-refractivity contribution in [2.24, 2.45) is 0 Å². The molecule has 0 saturated carbocycles. The minimum absolute atomic E-state index is 0.890. The summed E-state index contributed by atoms with van der Waals surface area (Å²) >= 11 is 0. The predicted octanol–water partition coefficient (Wildman–Crippen LogP) is 11.5. The van der Waals surface area contributed by atoms with Crippen molar-refractivity contribution in [3.63, 3.8) is 0 Å². The fourth-order valence-corrected chi connectivity index (χ4v) is 6.02. The first-order valence-corrected chi connectivity index (χ1v) is 14.3. The second-order valence-electron chi connectivity index (χ2n) is 10.6. The first-order valence-electron chi connectivity index (χ1n) is 14.3. The summed E-state index contributed by atoms with van der Waals surface area (Å²) in [5.41, 5.74) is 9.66. The molecular formula is C40H27NO. The topological polar surface area (TPSA) is 16.4 Å². The zero-order valence-corrected chi connectivity index (χ0v) is 22.9. The zero-order valence-electron chi connectivity index (χ0n) is 22.9. The number of hydrogen-bond acceptors (Lipinski definition) is 2. The highest BCUT2D eigenvalue weighted by Crippen LogP contribution is 2.46. The molecule has 0 aliphatic rings. The Morgan fingerprint density at radius 3 is 1.67 bits per heavy atom. The summed E-state index contributed by atoms with van der Waals surface area (Å²) in [6, 6.07) is 57.8. The van der Waals surface area contributed by atoms with Crippen LogP contribution in [0.15, 0.2) is 168 Å². The summed E-state index contributed by atoms with van der Waals surface area (Å²) in [4.78, 5) is 2.34. The van der Waals surface area contributed by atoms with Crippen molar-refractivity contribution in [2.75, 3.05) is 4.90 Å². The lowest BCUT2D eigenvalue weighted by atomic mass is 9.98. The van der Waals surface area contributed by atoms with E-state index in [9.17, 15) is 0 Å². The molecule has 0 amide bonds. The summed E-state index contributed by atoms with van der Waals surface area (Å²) < 4.78 is 6.76. The number of furan rings is 1.